The minimum absolute atomic E-state index is 0.0909. The maximum Gasteiger partial charge on any atom is 0.431 e. The molecule has 0 aliphatic carbocycles. The quantitative estimate of drug-likeness (QED) is 0.269. The first-order chi connectivity index (χ1) is 17.9. The highest BCUT2D eigenvalue weighted by atomic mass is 32.1. The second-order valence-electron chi connectivity index (χ2n) is 8.30. The van der Waals surface area contributed by atoms with Gasteiger partial charge in [0.05, 0.1) is 16.1 Å². The number of hydrogen-bond donors (Lipinski definition) is 0. The molecule has 1 unspecified atom stereocenters. The summed E-state index contributed by atoms with van der Waals surface area (Å²) in [6, 6.07) is 10.1. The number of ether oxygens (including phenoxy) is 2. The van der Waals surface area contributed by atoms with Crippen LogP contribution in [0.4, 0.5) is 13.2 Å². The Morgan fingerprint density at radius 2 is 1.92 bits per heavy atom. The van der Waals surface area contributed by atoms with E-state index < -0.39 is 35.2 Å². The van der Waals surface area contributed by atoms with Crippen LogP contribution in [0.1, 0.15) is 18.2 Å². The number of alkyl halides is 3. The third-order valence-corrected chi connectivity index (χ3v) is 6.56. The van der Waals surface area contributed by atoms with Crippen molar-refractivity contribution >= 4 is 27.6 Å². The largest absolute Gasteiger partial charge is 0.479 e. The van der Waals surface area contributed by atoms with Crippen LogP contribution in [0.2, 0.25) is 0 Å². The van der Waals surface area contributed by atoms with Crippen LogP contribution in [0, 0.1) is 19.3 Å². The van der Waals surface area contributed by atoms with E-state index in [0.717, 1.165) is 17.3 Å². The van der Waals surface area contributed by atoms with Crippen LogP contribution < -0.4 is 16.0 Å². The molecular formula is C26H20F3N3O5S. The van der Waals surface area contributed by atoms with Gasteiger partial charge < -0.3 is 9.47 Å². The Labute approximate surface area is 218 Å². The van der Waals surface area contributed by atoms with Gasteiger partial charge in [0.25, 0.3) is 5.56 Å². The Bertz CT molecular complexity index is 1710. The van der Waals surface area contributed by atoms with Gasteiger partial charge in [-0.2, -0.15) is 17.5 Å². The lowest BCUT2D eigenvalue weighted by Crippen LogP contribution is -2.40. The van der Waals surface area contributed by atoms with Crippen LogP contribution in [-0.4, -0.2) is 32.2 Å². The molecule has 1 atom stereocenters. The zero-order valence-electron chi connectivity index (χ0n) is 20.3. The summed E-state index contributed by atoms with van der Waals surface area (Å²) in [6.45, 7) is 3.18. The lowest BCUT2D eigenvalue weighted by molar-refractivity contribution is -0.149. The third kappa shape index (κ3) is 5.05. The molecule has 0 bridgehead atoms. The molecule has 0 saturated carbocycles. The lowest BCUT2D eigenvalue weighted by atomic mass is 10.0. The van der Waals surface area contributed by atoms with E-state index in [4.69, 9.17) is 15.9 Å². The molecule has 4 rings (SSSR count). The summed E-state index contributed by atoms with van der Waals surface area (Å²) in [4.78, 5) is 37.4. The molecule has 0 radical (unpaired) electrons. The smallest absolute Gasteiger partial charge is 0.431 e. The fraction of sp³-hybridized carbons (Fsp3) is 0.231. The molecule has 196 valence electrons. The zero-order valence-corrected chi connectivity index (χ0v) is 21.1. The summed E-state index contributed by atoms with van der Waals surface area (Å²) in [7, 11) is 0.954. The van der Waals surface area contributed by atoms with Crippen LogP contribution in [0.5, 0.6) is 5.75 Å². The second kappa shape index (κ2) is 10.2. The van der Waals surface area contributed by atoms with E-state index in [0.29, 0.717) is 37.6 Å². The van der Waals surface area contributed by atoms with E-state index in [9.17, 15) is 27.6 Å². The van der Waals surface area contributed by atoms with Crippen molar-refractivity contribution in [3.63, 3.8) is 0 Å². The topological polar surface area (TPSA) is 92.4 Å². The van der Waals surface area contributed by atoms with E-state index in [1.165, 1.54) is 30.6 Å². The Morgan fingerprint density at radius 1 is 1.18 bits per heavy atom. The van der Waals surface area contributed by atoms with Crippen LogP contribution in [0.15, 0.2) is 52.1 Å². The van der Waals surface area contributed by atoms with Crippen LogP contribution in [-0.2, 0) is 22.8 Å². The van der Waals surface area contributed by atoms with Gasteiger partial charge >= 0.3 is 17.8 Å². The molecule has 2 aromatic carbocycles. The van der Waals surface area contributed by atoms with Gasteiger partial charge in [-0.05, 0) is 61.3 Å². The van der Waals surface area contributed by atoms with E-state index in [1.54, 1.807) is 24.3 Å². The zero-order chi connectivity index (χ0) is 27.8. The van der Waals surface area contributed by atoms with Gasteiger partial charge in [0, 0.05) is 24.1 Å². The molecular weight excluding hydrogens is 523 g/mol. The summed E-state index contributed by atoms with van der Waals surface area (Å²) in [5.41, 5.74) is -1.51. The Hall–Kier alpha value is -4.37. The molecule has 0 amide bonds. The number of carbonyl (C=O) groups is 1. The molecule has 0 saturated heterocycles. The molecule has 0 N–H and O–H groups in total. The average molecular weight is 544 g/mol. The first kappa shape index (κ1) is 26.7. The summed E-state index contributed by atoms with van der Waals surface area (Å²) >= 11 is 1.17. The third-order valence-electron chi connectivity index (χ3n) is 5.73. The number of rotatable bonds is 6. The molecule has 38 heavy (non-hydrogen) atoms. The number of nitrogens with zero attached hydrogens (tertiary/aromatic N) is 3. The van der Waals surface area contributed by atoms with Gasteiger partial charge in [-0.1, -0.05) is 12.0 Å². The molecule has 2 aromatic heterocycles. The minimum Gasteiger partial charge on any atom is -0.479 e. The number of halogens is 3. The Morgan fingerprint density at radius 3 is 2.61 bits per heavy atom. The molecule has 2 heterocycles. The van der Waals surface area contributed by atoms with Crippen molar-refractivity contribution < 1.29 is 27.4 Å². The fourth-order valence-corrected chi connectivity index (χ4v) is 4.58. The summed E-state index contributed by atoms with van der Waals surface area (Å²) < 4.78 is 56.6. The normalized spacial score (nSPS) is 12.2. The monoisotopic (exact) mass is 543 g/mol. The first-order valence-electron chi connectivity index (χ1n) is 11.1. The van der Waals surface area contributed by atoms with Crippen molar-refractivity contribution in [2.45, 2.75) is 26.1 Å². The van der Waals surface area contributed by atoms with Crippen molar-refractivity contribution in [2.75, 3.05) is 6.61 Å². The van der Waals surface area contributed by atoms with Gasteiger partial charge in [0.2, 0.25) is 0 Å². The van der Waals surface area contributed by atoms with E-state index >= 15 is 0 Å². The number of fused-ring (bicyclic) bond motifs is 1. The molecule has 4 aromatic rings. The molecule has 0 spiro atoms. The fourth-order valence-electron chi connectivity index (χ4n) is 3.81. The standard InChI is InChI=1S/C26H20F3N3O5S/c1-5-10-36-24(34)15(3)37-17-8-6-14(2)18(12-17)23-19-11-16(7-9-20(19)38-30-23)32-22(33)13-21(26(27,28)29)31(4)25(32)35/h1,6-9,11-13,15H,10H2,2-4H3. The molecule has 0 fully saturated rings. The second-order valence-corrected chi connectivity index (χ2v) is 9.11. The molecule has 12 heteroatoms. The van der Waals surface area contributed by atoms with Crippen molar-refractivity contribution in [3.05, 3.63) is 74.6 Å². The number of esters is 1. The van der Waals surface area contributed by atoms with E-state index in [2.05, 4.69) is 10.3 Å². The highest BCUT2D eigenvalue weighted by Gasteiger charge is 2.35. The van der Waals surface area contributed by atoms with Crippen molar-refractivity contribution in [2.24, 2.45) is 7.05 Å². The number of aromatic nitrogens is 3. The van der Waals surface area contributed by atoms with Crippen LogP contribution >= 0.6 is 11.5 Å². The molecule has 0 aliphatic heterocycles. The van der Waals surface area contributed by atoms with Crippen LogP contribution in [0.25, 0.3) is 27.0 Å². The first-order valence-corrected chi connectivity index (χ1v) is 11.9. The maximum absolute atomic E-state index is 13.2. The number of benzene rings is 2. The Kier molecular flexibility index (Phi) is 7.15. The summed E-state index contributed by atoms with van der Waals surface area (Å²) in [6.07, 6.45) is -0.686. The van der Waals surface area contributed by atoms with Crippen molar-refractivity contribution in [1.82, 2.24) is 13.5 Å². The number of aryl methyl sites for hydroxylation is 1. The number of carbonyl (C=O) groups excluding carboxylic acids is 1. The van der Waals surface area contributed by atoms with Gasteiger partial charge in [0.1, 0.15) is 11.4 Å². The highest BCUT2D eigenvalue weighted by molar-refractivity contribution is 7.13. The van der Waals surface area contributed by atoms with E-state index in [1.807, 2.05) is 6.92 Å². The SMILES string of the molecule is C#CCOC(=O)C(C)Oc1ccc(C)c(-c2nsc3ccc(-n4c(=O)cc(C(F)(F)F)n(C)c4=O)cc23)c1. The average Bonchev–Trinajstić information content (AvgIpc) is 3.28. The van der Waals surface area contributed by atoms with Gasteiger partial charge in [-0.15, -0.1) is 6.42 Å². The minimum atomic E-state index is -4.86. The molecule has 8 nitrogen and oxygen atoms in total. The molecule has 0 aliphatic rings. The van der Waals surface area contributed by atoms with Gasteiger partial charge in [-0.25, -0.2) is 14.2 Å². The van der Waals surface area contributed by atoms with E-state index in [-0.39, 0.29) is 12.3 Å². The lowest BCUT2D eigenvalue weighted by Gasteiger charge is -2.15. The summed E-state index contributed by atoms with van der Waals surface area (Å²) in [5.74, 6) is 1.94. The summed E-state index contributed by atoms with van der Waals surface area (Å²) in [5, 5.41) is 0.572. The van der Waals surface area contributed by atoms with Crippen molar-refractivity contribution in [3.8, 4) is 35.0 Å². The van der Waals surface area contributed by atoms with Gasteiger partial charge in [-0.3, -0.25) is 9.36 Å². The highest BCUT2D eigenvalue weighted by Crippen LogP contribution is 2.36. The van der Waals surface area contributed by atoms with Crippen molar-refractivity contribution in [1.29, 1.82) is 0 Å². The van der Waals surface area contributed by atoms with Gasteiger partial charge in [0.15, 0.2) is 12.7 Å². The maximum atomic E-state index is 13.2. The predicted molar refractivity (Wildman–Crippen MR) is 136 cm³/mol. The number of hydrogen-bond acceptors (Lipinski definition) is 7. The van der Waals surface area contributed by atoms with Crippen LogP contribution in [0.3, 0.4) is 0 Å². The predicted octanol–water partition coefficient (Wildman–Crippen LogP) is 4.08. The number of terminal acetylenes is 1. The Balaban J connectivity index is 1.78.